The minimum atomic E-state index is -0.375. The van der Waals surface area contributed by atoms with E-state index in [1.54, 1.807) is 23.2 Å². The predicted molar refractivity (Wildman–Crippen MR) is 113 cm³/mol. The number of fused-ring (bicyclic) bond motifs is 1. The number of anilines is 1. The number of amides is 1. The van der Waals surface area contributed by atoms with E-state index in [-0.39, 0.29) is 17.0 Å². The van der Waals surface area contributed by atoms with Crippen LogP contribution in [0.5, 0.6) is 0 Å². The van der Waals surface area contributed by atoms with Crippen molar-refractivity contribution in [1.29, 1.82) is 5.26 Å². The second kappa shape index (κ2) is 9.09. The summed E-state index contributed by atoms with van der Waals surface area (Å²) in [5.74, 6) is 0.177. The highest BCUT2D eigenvalue weighted by molar-refractivity contribution is 6.02. The Kier molecular flexibility index (Phi) is 6.10. The molecule has 2 fully saturated rings. The molecule has 0 radical (unpaired) electrons. The monoisotopic (exact) mass is 407 g/mol. The highest BCUT2D eigenvalue weighted by Crippen LogP contribution is 2.23. The number of morpholine rings is 1. The van der Waals surface area contributed by atoms with Crippen LogP contribution in [0.2, 0.25) is 0 Å². The van der Waals surface area contributed by atoms with Crippen molar-refractivity contribution in [2.75, 3.05) is 44.3 Å². The Bertz CT molecular complexity index is 1050. The maximum Gasteiger partial charge on any atom is 0.267 e. The van der Waals surface area contributed by atoms with Crippen molar-refractivity contribution in [3.63, 3.8) is 0 Å². The van der Waals surface area contributed by atoms with Crippen molar-refractivity contribution in [2.45, 2.75) is 25.7 Å². The molecule has 156 valence electrons. The van der Waals surface area contributed by atoms with Crippen LogP contribution < -0.4 is 10.5 Å². The number of aromatic nitrogens is 2. The van der Waals surface area contributed by atoms with E-state index in [2.05, 4.69) is 4.90 Å². The summed E-state index contributed by atoms with van der Waals surface area (Å²) in [5, 5.41) is 9.70. The van der Waals surface area contributed by atoms with Crippen LogP contribution in [0.1, 0.15) is 31.2 Å². The highest BCUT2D eigenvalue weighted by Gasteiger charge is 2.24. The Morgan fingerprint density at radius 3 is 2.53 bits per heavy atom. The smallest absolute Gasteiger partial charge is 0.267 e. The molecule has 0 saturated carbocycles. The molecule has 30 heavy (non-hydrogen) atoms. The fourth-order valence-corrected chi connectivity index (χ4v) is 3.96. The van der Waals surface area contributed by atoms with Crippen molar-refractivity contribution in [3.8, 4) is 6.07 Å². The third kappa shape index (κ3) is 4.07. The summed E-state index contributed by atoms with van der Waals surface area (Å²) in [6.07, 6.45) is 7.42. The van der Waals surface area contributed by atoms with Crippen LogP contribution in [0.3, 0.4) is 0 Å². The summed E-state index contributed by atoms with van der Waals surface area (Å²) in [7, 11) is 0. The van der Waals surface area contributed by atoms with Gasteiger partial charge in [0.2, 0.25) is 0 Å². The predicted octanol–water partition coefficient (Wildman–Crippen LogP) is 1.84. The fourth-order valence-electron chi connectivity index (χ4n) is 3.96. The highest BCUT2D eigenvalue weighted by atomic mass is 16.5. The molecule has 0 spiro atoms. The zero-order valence-corrected chi connectivity index (χ0v) is 16.9. The molecule has 2 aliphatic heterocycles. The molecule has 2 aliphatic rings. The summed E-state index contributed by atoms with van der Waals surface area (Å²) >= 11 is 0. The minimum absolute atomic E-state index is 0.0530. The molecule has 2 aromatic heterocycles. The Balaban J connectivity index is 1.82. The molecule has 1 amide bonds. The molecule has 0 unspecified atom stereocenters. The SMILES string of the molecule is N#C/C(=C\c1c(N2CCCCCC2)nc2ccccn2c1=O)C(=O)N1CCOCC1. The molecule has 0 N–H and O–H groups in total. The second-order valence-electron chi connectivity index (χ2n) is 7.56. The molecular weight excluding hydrogens is 382 g/mol. The van der Waals surface area contributed by atoms with Gasteiger partial charge in [-0.2, -0.15) is 5.26 Å². The summed E-state index contributed by atoms with van der Waals surface area (Å²) in [6, 6.07) is 7.39. The van der Waals surface area contributed by atoms with Crippen LogP contribution in [-0.4, -0.2) is 59.6 Å². The Morgan fingerprint density at radius 1 is 1.10 bits per heavy atom. The Labute approximate surface area is 175 Å². The molecule has 0 aliphatic carbocycles. The van der Waals surface area contributed by atoms with Crippen LogP contribution in [0, 0.1) is 11.3 Å². The molecule has 8 heteroatoms. The van der Waals surface area contributed by atoms with E-state index >= 15 is 0 Å². The van der Waals surface area contributed by atoms with E-state index in [1.807, 2.05) is 12.1 Å². The van der Waals surface area contributed by atoms with Gasteiger partial charge in [-0.15, -0.1) is 0 Å². The summed E-state index contributed by atoms with van der Waals surface area (Å²) in [6.45, 7) is 3.37. The van der Waals surface area contributed by atoms with Crippen LogP contribution in [0.4, 0.5) is 5.82 Å². The lowest BCUT2D eigenvalue weighted by Crippen LogP contribution is -2.41. The van der Waals surface area contributed by atoms with Gasteiger partial charge < -0.3 is 14.5 Å². The van der Waals surface area contributed by atoms with Crippen LogP contribution in [-0.2, 0) is 9.53 Å². The Hall–Kier alpha value is -3.18. The van der Waals surface area contributed by atoms with E-state index in [4.69, 9.17) is 9.72 Å². The molecule has 0 aromatic carbocycles. The van der Waals surface area contributed by atoms with Gasteiger partial charge in [-0.1, -0.05) is 18.9 Å². The number of nitriles is 1. The number of hydrogen-bond donors (Lipinski definition) is 0. The third-order valence-electron chi connectivity index (χ3n) is 5.59. The van der Waals surface area contributed by atoms with Gasteiger partial charge in [-0.3, -0.25) is 14.0 Å². The maximum atomic E-state index is 13.3. The van der Waals surface area contributed by atoms with Gasteiger partial charge in [-0.25, -0.2) is 4.98 Å². The first-order valence-corrected chi connectivity index (χ1v) is 10.4. The van der Waals surface area contributed by atoms with E-state index in [0.29, 0.717) is 43.3 Å². The number of carbonyl (C=O) groups is 1. The third-order valence-corrected chi connectivity index (χ3v) is 5.59. The van der Waals surface area contributed by atoms with Gasteiger partial charge in [0.15, 0.2) is 0 Å². The second-order valence-corrected chi connectivity index (χ2v) is 7.56. The maximum absolute atomic E-state index is 13.3. The van der Waals surface area contributed by atoms with Crippen molar-refractivity contribution >= 4 is 23.4 Å². The van der Waals surface area contributed by atoms with E-state index in [9.17, 15) is 14.9 Å². The number of rotatable bonds is 3. The lowest BCUT2D eigenvalue weighted by molar-refractivity contribution is -0.130. The summed E-state index contributed by atoms with van der Waals surface area (Å²) < 4.78 is 6.75. The van der Waals surface area contributed by atoms with E-state index in [0.717, 1.165) is 38.8 Å². The van der Waals surface area contributed by atoms with Crippen LogP contribution in [0.15, 0.2) is 34.8 Å². The molecule has 4 heterocycles. The topological polar surface area (TPSA) is 90.9 Å². The quantitative estimate of drug-likeness (QED) is 0.570. The van der Waals surface area contributed by atoms with Crippen LogP contribution in [0.25, 0.3) is 11.7 Å². The van der Waals surface area contributed by atoms with Gasteiger partial charge in [0.25, 0.3) is 11.5 Å². The van der Waals surface area contributed by atoms with E-state index in [1.165, 1.54) is 10.5 Å². The van der Waals surface area contributed by atoms with E-state index < -0.39 is 0 Å². The molecule has 2 aromatic rings. The Morgan fingerprint density at radius 2 is 1.83 bits per heavy atom. The fraction of sp³-hybridized carbons (Fsp3) is 0.455. The first-order chi connectivity index (χ1) is 14.7. The molecular formula is C22H25N5O3. The summed E-state index contributed by atoms with van der Waals surface area (Å²) in [5.41, 5.74) is 0.515. The van der Waals surface area contributed by atoms with Gasteiger partial charge in [0.1, 0.15) is 23.1 Å². The number of carbonyl (C=O) groups excluding carboxylic acids is 1. The standard InChI is InChI=1S/C22H25N5O3/c23-16-17(21(28)26-11-13-30-14-12-26)15-18-20(25-8-4-1-2-5-9-25)24-19-7-3-6-10-27(19)22(18)29/h3,6-7,10,15H,1-2,4-5,8-9,11-14H2/b17-15+. The average Bonchev–Trinajstić information content (AvgIpc) is 3.08. The summed E-state index contributed by atoms with van der Waals surface area (Å²) in [4.78, 5) is 34.7. The van der Waals surface area contributed by atoms with Gasteiger partial charge in [0, 0.05) is 32.4 Å². The molecule has 2 saturated heterocycles. The normalized spacial score (nSPS) is 18.2. The molecule has 4 rings (SSSR count). The zero-order chi connectivity index (χ0) is 20.9. The lowest BCUT2D eigenvalue weighted by atomic mass is 10.1. The minimum Gasteiger partial charge on any atom is -0.378 e. The number of ether oxygens (including phenoxy) is 1. The molecule has 8 nitrogen and oxygen atoms in total. The zero-order valence-electron chi connectivity index (χ0n) is 16.9. The number of nitrogens with zero attached hydrogens (tertiary/aromatic N) is 5. The van der Waals surface area contributed by atoms with Crippen molar-refractivity contribution in [1.82, 2.24) is 14.3 Å². The first-order valence-electron chi connectivity index (χ1n) is 10.4. The molecule has 0 bridgehead atoms. The molecule has 0 atom stereocenters. The number of pyridine rings is 1. The first kappa shape index (κ1) is 20.1. The lowest BCUT2D eigenvalue weighted by Gasteiger charge is -2.26. The van der Waals surface area contributed by atoms with Crippen molar-refractivity contribution < 1.29 is 9.53 Å². The average molecular weight is 407 g/mol. The van der Waals surface area contributed by atoms with Crippen molar-refractivity contribution in [3.05, 3.63) is 45.9 Å². The largest absolute Gasteiger partial charge is 0.378 e. The van der Waals surface area contributed by atoms with Gasteiger partial charge >= 0.3 is 0 Å². The van der Waals surface area contributed by atoms with Crippen LogP contribution >= 0.6 is 0 Å². The van der Waals surface area contributed by atoms with Gasteiger partial charge in [-0.05, 0) is 31.1 Å². The van der Waals surface area contributed by atoms with Gasteiger partial charge in [0.05, 0.1) is 18.8 Å². The van der Waals surface area contributed by atoms with Crippen molar-refractivity contribution in [2.24, 2.45) is 0 Å². The number of hydrogen-bond acceptors (Lipinski definition) is 6.